The van der Waals surface area contributed by atoms with Gasteiger partial charge in [-0.15, -0.1) is 0 Å². The predicted molar refractivity (Wildman–Crippen MR) is 124 cm³/mol. The van der Waals surface area contributed by atoms with Gasteiger partial charge in [0, 0.05) is 6.54 Å². The standard InChI is InChI=1S/C23H26BrNO5S/c1-30-22-19(24)12-11-18(21(22)23(26)27)16-31(28,29)20-10-4-3-8-17(20)9-7-15-25-13-5-2-6-14-25/h3-4,7-12H,2,5-6,13-16H2,1H3,(H,26,27)/b9-7+. The first kappa shape index (κ1) is 23.5. The molecule has 1 aliphatic rings. The molecule has 1 heterocycles. The second-order valence-electron chi connectivity index (χ2n) is 7.48. The van der Waals surface area contributed by atoms with Crippen molar-refractivity contribution in [1.29, 1.82) is 0 Å². The van der Waals surface area contributed by atoms with Gasteiger partial charge in [0.1, 0.15) is 11.3 Å². The third-order valence-electron chi connectivity index (χ3n) is 5.32. The number of halogens is 1. The number of benzene rings is 2. The molecule has 0 saturated carbocycles. The first-order valence-electron chi connectivity index (χ1n) is 10.1. The molecule has 0 atom stereocenters. The molecule has 2 aromatic carbocycles. The van der Waals surface area contributed by atoms with Gasteiger partial charge in [-0.1, -0.05) is 42.8 Å². The molecular formula is C23H26BrNO5S. The summed E-state index contributed by atoms with van der Waals surface area (Å²) in [6, 6.07) is 9.90. The van der Waals surface area contributed by atoms with E-state index in [0.29, 0.717) is 10.0 Å². The fourth-order valence-electron chi connectivity index (χ4n) is 3.81. The topological polar surface area (TPSA) is 83.9 Å². The van der Waals surface area contributed by atoms with Crippen LogP contribution in [0.25, 0.3) is 6.08 Å². The summed E-state index contributed by atoms with van der Waals surface area (Å²) in [6.45, 7) is 2.91. The summed E-state index contributed by atoms with van der Waals surface area (Å²) in [5.74, 6) is -1.57. The van der Waals surface area contributed by atoms with Crippen LogP contribution in [0.1, 0.15) is 40.7 Å². The van der Waals surface area contributed by atoms with Crippen molar-refractivity contribution in [3.63, 3.8) is 0 Å². The number of carboxylic acids is 1. The lowest BCUT2D eigenvalue weighted by molar-refractivity contribution is 0.0692. The zero-order chi connectivity index (χ0) is 22.4. The van der Waals surface area contributed by atoms with E-state index in [1.165, 1.54) is 32.4 Å². The Morgan fingerprint density at radius 1 is 1.16 bits per heavy atom. The second-order valence-corrected chi connectivity index (χ2v) is 10.3. The molecule has 1 aliphatic heterocycles. The minimum Gasteiger partial charge on any atom is -0.495 e. The van der Waals surface area contributed by atoms with Crippen molar-refractivity contribution in [3.8, 4) is 5.75 Å². The largest absolute Gasteiger partial charge is 0.495 e. The van der Waals surface area contributed by atoms with Crippen LogP contribution in [0, 0.1) is 0 Å². The summed E-state index contributed by atoms with van der Waals surface area (Å²) in [5, 5.41) is 9.65. The molecule has 0 radical (unpaired) electrons. The number of nitrogens with zero attached hydrogens (tertiary/aromatic N) is 1. The fourth-order valence-corrected chi connectivity index (χ4v) is 5.89. The monoisotopic (exact) mass is 507 g/mol. The lowest BCUT2D eigenvalue weighted by Crippen LogP contribution is -2.29. The maximum absolute atomic E-state index is 13.3. The summed E-state index contributed by atoms with van der Waals surface area (Å²) in [5.41, 5.74) is 0.624. The SMILES string of the molecule is COc1c(Br)ccc(CS(=O)(=O)c2ccccc2/C=C/CN2CCCCC2)c1C(=O)O. The van der Waals surface area contributed by atoms with E-state index in [1.807, 2.05) is 12.2 Å². The van der Waals surface area contributed by atoms with Crippen LogP contribution in [-0.2, 0) is 15.6 Å². The smallest absolute Gasteiger partial charge is 0.339 e. The summed E-state index contributed by atoms with van der Waals surface area (Å²) >= 11 is 3.26. The van der Waals surface area contributed by atoms with Gasteiger partial charge < -0.3 is 9.84 Å². The molecule has 2 aromatic rings. The molecule has 166 valence electrons. The van der Waals surface area contributed by atoms with Crippen LogP contribution in [0.3, 0.4) is 0 Å². The Bertz CT molecular complexity index is 1080. The highest BCUT2D eigenvalue weighted by Crippen LogP contribution is 2.33. The van der Waals surface area contributed by atoms with Gasteiger partial charge in [0.2, 0.25) is 0 Å². The summed E-state index contributed by atoms with van der Waals surface area (Å²) < 4.78 is 32.2. The van der Waals surface area contributed by atoms with Gasteiger partial charge in [-0.05, 0) is 65.1 Å². The molecule has 1 saturated heterocycles. The number of hydrogen-bond donors (Lipinski definition) is 1. The first-order chi connectivity index (χ1) is 14.8. The third kappa shape index (κ3) is 5.75. The van der Waals surface area contributed by atoms with Crippen molar-refractivity contribution >= 4 is 37.8 Å². The van der Waals surface area contributed by atoms with Gasteiger partial charge in [-0.25, -0.2) is 13.2 Å². The number of carboxylic acid groups (broad SMARTS) is 1. The molecule has 0 unspecified atom stereocenters. The van der Waals surface area contributed by atoms with E-state index in [9.17, 15) is 18.3 Å². The lowest BCUT2D eigenvalue weighted by atomic mass is 10.1. The van der Waals surface area contributed by atoms with Crippen molar-refractivity contribution in [2.45, 2.75) is 29.9 Å². The predicted octanol–water partition coefficient (Wildman–Crippen LogP) is 4.63. The average molecular weight is 508 g/mol. The molecule has 0 aliphatic carbocycles. The van der Waals surface area contributed by atoms with Crippen LogP contribution >= 0.6 is 15.9 Å². The molecule has 3 rings (SSSR count). The average Bonchev–Trinajstić information content (AvgIpc) is 2.75. The van der Waals surface area contributed by atoms with E-state index >= 15 is 0 Å². The maximum atomic E-state index is 13.3. The van der Waals surface area contributed by atoms with E-state index in [-0.39, 0.29) is 21.8 Å². The fraction of sp³-hybridized carbons (Fsp3) is 0.348. The van der Waals surface area contributed by atoms with Crippen LogP contribution in [0.2, 0.25) is 0 Å². The number of methoxy groups -OCH3 is 1. The van der Waals surface area contributed by atoms with Crippen molar-refractivity contribution in [3.05, 3.63) is 63.6 Å². The maximum Gasteiger partial charge on any atom is 0.339 e. The highest BCUT2D eigenvalue weighted by Gasteiger charge is 2.25. The lowest BCUT2D eigenvalue weighted by Gasteiger charge is -2.24. The van der Waals surface area contributed by atoms with Crippen LogP contribution in [0.5, 0.6) is 5.75 Å². The van der Waals surface area contributed by atoms with Crippen molar-refractivity contribution in [2.24, 2.45) is 0 Å². The quantitative estimate of drug-likeness (QED) is 0.560. The van der Waals surface area contributed by atoms with Gasteiger partial charge in [-0.3, -0.25) is 4.90 Å². The number of rotatable bonds is 8. The number of sulfone groups is 1. The molecule has 1 fully saturated rings. The van der Waals surface area contributed by atoms with Crippen molar-refractivity contribution in [1.82, 2.24) is 4.90 Å². The van der Waals surface area contributed by atoms with Crippen molar-refractivity contribution < 1.29 is 23.1 Å². The van der Waals surface area contributed by atoms with Crippen LogP contribution < -0.4 is 4.74 Å². The molecule has 6 nitrogen and oxygen atoms in total. The highest BCUT2D eigenvalue weighted by atomic mass is 79.9. The number of hydrogen-bond acceptors (Lipinski definition) is 5. The minimum atomic E-state index is -3.79. The Balaban J connectivity index is 1.89. The first-order valence-corrected chi connectivity index (χ1v) is 12.6. The van der Waals surface area contributed by atoms with Gasteiger partial charge in [0.15, 0.2) is 9.84 Å². The van der Waals surface area contributed by atoms with Gasteiger partial charge in [0.25, 0.3) is 0 Å². The van der Waals surface area contributed by atoms with E-state index in [4.69, 9.17) is 4.74 Å². The molecule has 0 aromatic heterocycles. The molecule has 0 spiro atoms. The Labute approximate surface area is 191 Å². The summed E-state index contributed by atoms with van der Waals surface area (Å²) in [4.78, 5) is 14.4. The minimum absolute atomic E-state index is 0.106. The number of aromatic carboxylic acids is 1. The number of ether oxygens (including phenoxy) is 1. The van der Waals surface area contributed by atoms with E-state index in [0.717, 1.165) is 19.6 Å². The van der Waals surface area contributed by atoms with E-state index < -0.39 is 21.6 Å². The molecule has 0 bridgehead atoms. The number of piperidine rings is 1. The third-order valence-corrected chi connectivity index (χ3v) is 7.68. The summed E-state index contributed by atoms with van der Waals surface area (Å²) in [6.07, 6.45) is 7.48. The molecule has 0 amide bonds. The van der Waals surface area contributed by atoms with Gasteiger partial charge in [-0.2, -0.15) is 0 Å². The molecular weight excluding hydrogens is 482 g/mol. The normalized spacial score (nSPS) is 15.3. The number of likely N-dealkylation sites (tertiary alicyclic amines) is 1. The van der Waals surface area contributed by atoms with Gasteiger partial charge >= 0.3 is 5.97 Å². The Morgan fingerprint density at radius 2 is 1.87 bits per heavy atom. The molecule has 8 heteroatoms. The van der Waals surface area contributed by atoms with E-state index in [1.54, 1.807) is 30.3 Å². The second kappa shape index (κ2) is 10.4. The van der Waals surface area contributed by atoms with Crippen LogP contribution in [-0.4, -0.2) is 51.1 Å². The zero-order valence-corrected chi connectivity index (χ0v) is 19.8. The summed E-state index contributed by atoms with van der Waals surface area (Å²) in [7, 11) is -2.44. The Hall–Kier alpha value is -2.16. The van der Waals surface area contributed by atoms with Crippen LogP contribution in [0.15, 0.2) is 51.8 Å². The Morgan fingerprint density at radius 3 is 2.55 bits per heavy atom. The van der Waals surface area contributed by atoms with Gasteiger partial charge in [0.05, 0.1) is 22.2 Å². The zero-order valence-electron chi connectivity index (χ0n) is 17.4. The highest BCUT2D eigenvalue weighted by molar-refractivity contribution is 9.10. The van der Waals surface area contributed by atoms with Crippen molar-refractivity contribution in [2.75, 3.05) is 26.7 Å². The molecule has 1 N–H and O–H groups in total. The Kier molecular flexibility index (Phi) is 7.91. The molecule has 31 heavy (non-hydrogen) atoms. The number of carbonyl (C=O) groups is 1. The van der Waals surface area contributed by atoms with Crippen LogP contribution in [0.4, 0.5) is 0 Å². The van der Waals surface area contributed by atoms with E-state index in [2.05, 4.69) is 20.8 Å².